The molecule has 6 nitrogen and oxygen atoms in total. The first-order valence-electron chi connectivity index (χ1n) is 11.1. The Hall–Kier alpha value is -3.54. The Morgan fingerprint density at radius 3 is 2.53 bits per heavy atom. The van der Waals surface area contributed by atoms with Gasteiger partial charge in [-0.1, -0.05) is 50.6 Å². The molecule has 6 heteroatoms. The molecule has 0 saturated carbocycles. The molecule has 1 saturated heterocycles. The molecule has 0 spiro atoms. The highest BCUT2D eigenvalue weighted by Gasteiger charge is 2.45. The predicted molar refractivity (Wildman–Crippen MR) is 124 cm³/mol. The number of likely N-dealkylation sites (tertiary alicyclic amines) is 1. The predicted octanol–water partition coefficient (Wildman–Crippen LogP) is 5.18. The summed E-state index contributed by atoms with van der Waals surface area (Å²) in [5, 5.41) is 12.0. The Morgan fingerprint density at radius 1 is 1.06 bits per heavy atom. The fraction of sp³-hybridized carbons (Fsp3) is 0.308. The largest absolute Gasteiger partial charge is 0.507 e. The number of nitrogens with one attached hydrogen (secondary N) is 1. The third kappa shape index (κ3) is 3.88. The van der Waals surface area contributed by atoms with E-state index < -0.39 is 17.7 Å². The highest BCUT2D eigenvalue weighted by atomic mass is 16.5. The summed E-state index contributed by atoms with van der Waals surface area (Å²) in [5.74, 6) is -0.657. The van der Waals surface area contributed by atoms with Crippen LogP contribution >= 0.6 is 0 Å². The molecule has 2 aromatic carbocycles. The van der Waals surface area contributed by atoms with Gasteiger partial charge in [0.15, 0.2) is 0 Å². The molecule has 1 amide bonds. The van der Waals surface area contributed by atoms with Crippen LogP contribution in [0.3, 0.4) is 0 Å². The van der Waals surface area contributed by atoms with E-state index in [2.05, 4.69) is 11.9 Å². The van der Waals surface area contributed by atoms with Crippen LogP contribution in [0, 0.1) is 0 Å². The van der Waals surface area contributed by atoms with Gasteiger partial charge < -0.3 is 19.7 Å². The molecule has 1 aromatic heterocycles. The molecule has 0 radical (unpaired) electrons. The van der Waals surface area contributed by atoms with E-state index in [1.54, 1.807) is 11.1 Å². The van der Waals surface area contributed by atoms with Gasteiger partial charge >= 0.3 is 0 Å². The van der Waals surface area contributed by atoms with E-state index in [0.717, 1.165) is 35.1 Å². The zero-order chi connectivity index (χ0) is 22.7. The van der Waals surface area contributed by atoms with Crippen molar-refractivity contribution in [1.82, 2.24) is 9.88 Å². The van der Waals surface area contributed by atoms with Crippen molar-refractivity contribution in [2.24, 2.45) is 0 Å². The highest BCUT2D eigenvalue weighted by molar-refractivity contribution is 6.46. The number of carbonyl (C=O) groups is 2. The number of H-pyrrole nitrogens is 1. The van der Waals surface area contributed by atoms with Gasteiger partial charge in [0.05, 0.1) is 18.2 Å². The number of Topliss-reactive ketones (excluding diaryl/α,β-unsaturated/α-hetero) is 1. The second-order valence-electron chi connectivity index (χ2n) is 8.01. The second-order valence-corrected chi connectivity index (χ2v) is 8.01. The molecule has 2 N–H and O–H groups in total. The number of aromatic amines is 1. The Labute approximate surface area is 187 Å². The van der Waals surface area contributed by atoms with Crippen LogP contribution < -0.4 is 4.74 Å². The number of hydrogen-bond donors (Lipinski definition) is 2. The summed E-state index contributed by atoms with van der Waals surface area (Å²) in [6.07, 6.45) is 4.41. The number of aromatic nitrogens is 1. The van der Waals surface area contributed by atoms with Crippen LogP contribution in [0.5, 0.6) is 5.75 Å². The van der Waals surface area contributed by atoms with Crippen molar-refractivity contribution in [3.63, 3.8) is 0 Å². The lowest BCUT2D eigenvalue weighted by Gasteiger charge is -2.25. The minimum Gasteiger partial charge on any atom is -0.507 e. The van der Waals surface area contributed by atoms with Crippen LogP contribution in [0.4, 0.5) is 0 Å². The number of ketones is 1. The van der Waals surface area contributed by atoms with Crippen LogP contribution in [0.2, 0.25) is 0 Å². The molecule has 1 fully saturated rings. The number of aliphatic hydroxyl groups excluding tert-OH is 1. The fourth-order valence-electron chi connectivity index (χ4n) is 4.19. The van der Waals surface area contributed by atoms with Crippen molar-refractivity contribution in [3.8, 4) is 5.75 Å². The normalized spacial score (nSPS) is 17.9. The molecule has 4 rings (SSSR count). The average molecular weight is 433 g/mol. The summed E-state index contributed by atoms with van der Waals surface area (Å²) in [6, 6.07) is 14.3. The monoisotopic (exact) mass is 432 g/mol. The number of benzene rings is 2. The number of para-hydroxylation sites is 1. The molecule has 3 aromatic rings. The molecular formula is C26H28N2O4. The lowest BCUT2D eigenvalue weighted by Crippen LogP contribution is -2.30. The van der Waals surface area contributed by atoms with E-state index in [9.17, 15) is 14.7 Å². The first-order chi connectivity index (χ1) is 15.6. The first-order valence-corrected chi connectivity index (χ1v) is 11.1. The van der Waals surface area contributed by atoms with Gasteiger partial charge in [-0.2, -0.15) is 0 Å². The zero-order valence-electron chi connectivity index (χ0n) is 18.4. The fourth-order valence-corrected chi connectivity index (χ4v) is 4.19. The number of unbranched alkanes of at least 4 members (excludes halogenated alkanes) is 1. The smallest absolute Gasteiger partial charge is 0.295 e. The molecule has 0 aliphatic carbocycles. The molecule has 32 heavy (non-hydrogen) atoms. The minimum atomic E-state index is -0.658. The highest BCUT2D eigenvalue weighted by Crippen LogP contribution is 2.40. The number of aliphatic hydroxyl groups is 1. The van der Waals surface area contributed by atoms with Crippen molar-refractivity contribution in [1.29, 1.82) is 0 Å². The molecule has 1 aliphatic heterocycles. The maximum absolute atomic E-state index is 13.0. The lowest BCUT2D eigenvalue weighted by molar-refractivity contribution is -0.139. The number of nitrogens with zero attached hydrogens (tertiary/aromatic N) is 1. The Bertz CT molecular complexity index is 1160. The first kappa shape index (κ1) is 21.7. The molecule has 1 aliphatic rings. The quantitative estimate of drug-likeness (QED) is 0.222. The zero-order valence-corrected chi connectivity index (χ0v) is 18.4. The van der Waals surface area contributed by atoms with Crippen molar-refractivity contribution < 1.29 is 19.4 Å². The Balaban J connectivity index is 1.78. The van der Waals surface area contributed by atoms with Crippen LogP contribution in [0.15, 0.2) is 60.3 Å². The van der Waals surface area contributed by atoms with E-state index in [-0.39, 0.29) is 11.3 Å². The van der Waals surface area contributed by atoms with E-state index in [1.807, 2.05) is 55.5 Å². The summed E-state index contributed by atoms with van der Waals surface area (Å²) in [6.45, 7) is 5.14. The Morgan fingerprint density at radius 2 is 1.81 bits per heavy atom. The van der Waals surface area contributed by atoms with Gasteiger partial charge in [0, 0.05) is 29.2 Å². The van der Waals surface area contributed by atoms with Gasteiger partial charge in [0.25, 0.3) is 11.7 Å². The third-order valence-electron chi connectivity index (χ3n) is 5.81. The summed E-state index contributed by atoms with van der Waals surface area (Å²) < 4.78 is 5.75. The maximum Gasteiger partial charge on any atom is 0.295 e. The van der Waals surface area contributed by atoms with Crippen molar-refractivity contribution in [2.45, 2.75) is 39.2 Å². The maximum atomic E-state index is 13.0. The van der Waals surface area contributed by atoms with Crippen LogP contribution in [-0.4, -0.2) is 39.8 Å². The van der Waals surface area contributed by atoms with Gasteiger partial charge in [0.1, 0.15) is 11.5 Å². The Kier molecular flexibility index (Phi) is 6.30. The van der Waals surface area contributed by atoms with Crippen molar-refractivity contribution in [2.75, 3.05) is 13.2 Å². The van der Waals surface area contributed by atoms with Crippen LogP contribution in [-0.2, 0) is 9.59 Å². The summed E-state index contributed by atoms with van der Waals surface area (Å²) >= 11 is 0. The van der Waals surface area contributed by atoms with E-state index >= 15 is 0 Å². The number of rotatable bonds is 8. The topological polar surface area (TPSA) is 82.6 Å². The number of ether oxygens (including phenoxy) is 1. The summed E-state index contributed by atoms with van der Waals surface area (Å²) in [5.41, 5.74) is 2.25. The van der Waals surface area contributed by atoms with Crippen LogP contribution in [0.1, 0.15) is 50.3 Å². The molecule has 1 atom stereocenters. The molecular weight excluding hydrogens is 404 g/mol. The number of carbonyl (C=O) groups excluding carboxylic acids is 2. The third-order valence-corrected chi connectivity index (χ3v) is 5.81. The number of amides is 1. The van der Waals surface area contributed by atoms with Gasteiger partial charge in [-0.05, 0) is 36.6 Å². The second kappa shape index (κ2) is 9.30. The van der Waals surface area contributed by atoms with Gasteiger partial charge in [-0.15, -0.1) is 0 Å². The lowest BCUT2D eigenvalue weighted by atomic mass is 9.95. The number of hydrogen-bond acceptors (Lipinski definition) is 4. The van der Waals surface area contributed by atoms with Crippen LogP contribution in [0.25, 0.3) is 16.7 Å². The molecule has 1 unspecified atom stereocenters. The van der Waals surface area contributed by atoms with Crippen molar-refractivity contribution >= 4 is 28.4 Å². The molecule has 166 valence electrons. The van der Waals surface area contributed by atoms with Gasteiger partial charge in [-0.3, -0.25) is 9.59 Å². The SMILES string of the molecule is CCCCOc1ccc(C2/C(=C(/O)c3c[nH]c4ccccc34)C(=O)C(=O)N2CCC)cc1. The van der Waals surface area contributed by atoms with Gasteiger partial charge in [0.2, 0.25) is 0 Å². The van der Waals surface area contributed by atoms with Crippen molar-refractivity contribution in [3.05, 3.63) is 71.4 Å². The standard InChI is InChI=1S/C26H28N2O4/c1-3-5-15-32-18-12-10-17(11-13-18)23-22(25(30)26(31)28(23)14-4-2)24(29)20-16-27-21-9-7-6-8-19(20)21/h6-13,16,23,27,29H,3-5,14-15H2,1-2H3/b24-22-. The van der Waals surface area contributed by atoms with E-state index in [0.29, 0.717) is 25.1 Å². The van der Waals surface area contributed by atoms with Gasteiger partial charge in [-0.25, -0.2) is 0 Å². The number of fused-ring (bicyclic) bond motifs is 1. The molecule has 2 heterocycles. The molecule has 0 bridgehead atoms. The summed E-state index contributed by atoms with van der Waals surface area (Å²) in [7, 11) is 0. The minimum absolute atomic E-state index is 0.118. The van der Waals surface area contributed by atoms with E-state index in [4.69, 9.17) is 4.74 Å². The average Bonchev–Trinajstić information content (AvgIpc) is 3.35. The van der Waals surface area contributed by atoms with E-state index in [1.165, 1.54) is 0 Å². The summed E-state index contributed by atoms with van der Waals surface area (Å²) in [4.78, 5) is 30.6.